The molecule has 0 fully saturated rings. The molecule has 0 aliphatic heterocycles. The van der Waals surface area contributed by atoms with Gasteiger partial charge in [0.25, 0.3) is 0 Å². The van der Waals surface area contributed by atoms with E-state index in [1.165, 1.54) is 0 Å². The van der Waals surface area contributed by atoms with Crippen molar-refractivity contribution in [1.29, 1.82) is 5.26 Å². The van der Waals surface area contributed by atoms with Gasteiger partial charge in [-0.05, 0) is 31.2 Å². The Morgan fingerprint density at radius 1 is 1.53 bits per heavy atom. The summed E-state index contributed by atoms with van der Waals surface area (Å²) in [6, 6.07) is 8.43. The lowest BCUT2D eigenvalue weighted by molar-refractivity contribution is -0.134. The molecular weight excluding hydrogens is 248 g/mol. The summed E-state index contributed by atoms with van der Waals surface area (Å²) in [5, 5.41) is 23.6. The molecule has 0 saturated heterocycles. The molecule has 1 aromatic rings. The number of nitriles is 1. The molecule has 0 saturated carbocycles. The number of anilines is 1. The van der Waals surface area contributed by atoms with E-state index in [4.69, 9.17) is 15.2 Å². The van der Waals surface area contributed by atoms with Crippen LogP contribution >= 0.6 is 0 Å². The number of nitrogens with one attached hydrogen (secondary N) is 1. The molecule has 2 N–H and O–H groups in total. The molecule has 0 heterocycles. The maximum Gasteiger partial charge on any atom is 0.360 e. The van der Waals surface area contributed by atoms with Gasteiger partial charge in [-0.2, -0.15) is 10.4 Å². The number of hydrazone groups is 1. The second-order valence-corrected chi connectivity index (χ2v) is 3.26. The minimum Gasteiger partial charge on any atom is -0.461 e. The highest BCUT2D eigenvalue weighted by molar-refractivity contribution is 6.59. The molecule has 1 aromatic carbocycles. The summed E-state index contributed by atoms with van der Waals surface area (Å²) in [6.45, 7) is 1.84. The fraction of sp³-hybridized carbons (Fsp3) is 0.167. The molecular formula is C12H12N4O3. The molecule has 0 aromatic heterocycles. The number of carbonyl (C=O) groups is 1. The fourth-order valence-corrected chi connectivity index (χ4v) is 1.13. The van der Waals surface area contributed by atoms with Crippen molar-refractivity contribution in [1.82, 2.24) is 0 Å². The van der Waals surface area contributed by atoms with Gasteiger partial charge in [0.1, 0.15) is 6.21 Å². The lowest BCUT2D eigenvalue weighted by atomic mass is 10.2. The summed E-state index contributed by atoms with van der Waals surface area (Å²) in [6.07, 6.45) is 0.870. The van der Waals surface area contributed by atoms with Crippen molar-refractivity contribution >= 4 is 23.6 Å². The Hall–Kier alpha value is -2.88. The molecule has 1 rings (SSSR count). The van der Waals surface area contributed by atoms with Gasteiger partial charge in [-0.15, -0.1) is 0 Å². The first-order valence-corrected chi connectivity index (χ1v) is 5.39. The number of rotatable bonds is 5. The van der Waals surface area contributed by atoms with Crippen LogP contribution in [0, 0.1) is 11.3 Å². The van der Waals surface area contributed by atoms with Gasteiger partial charge in [-0.3, -0.25) is 5.43 Å². The molecule has 19 heavy (non-hydrogen) atoms. The Bertz CT molecular complexity index is 529. The van der Waals surface area contributed by atoms with Crippen LogP contribution in [0.4, 0.5) is 5.69 Å². The first-order chi connectivity index (χ1) is 9.21. The zero-order chi connectivity index (χ0) is 14.1. The molecule has 0 aliphatic rings. The average Bonchev–Trinajstić information content (AvgIpc) is 2.44. The highest BCUT2D eigenvalue weighted by Crippen LogP contribution is 2.08. The van der Waals surface area contributed by atoms with Crippen LogP contribution in [0.2, 0.25) is 0 Å². The number of nitrogens with zero attached hydrogens (tertiary/aromatic N) is 3. The number of oxime groups is 1. The highest BCUT2D eigenvalue weighted by Gasteiger charge is 2.10. The van der Waals surface area contributed by atoms with Crippen molar-refractivity contribution in [2.75, 3.05) is 12.0 Å². The van der Waals surface area contributed by atoms with Gasteiger partial charge < -0.3 is 9.94 Å². The molecule has 0 amide bonds. The van der Waals surface area contributed by atoms with Gasteiger partial charge in [0.2, 0.25) is 0 Å². The minimum absolute atomic E-state index is 0.172. The van der Waals surface area contributed by atoms with E-state index >= 15 is 0 Å². The van der Waals surface area contributed by atoms with Crippen molar-refractivity contribution in [3.63, 3.8) is 0 Å². The van der Waals surface area contributed by atoms with E-state index in [1.54, 1.807) is 31.2 Å². The zero-order valence-electron chi connectivity index (χ0n) is 10.2. The third-order valence-electron chi connectivity index (χ3n) is 1.98. The van der Waals surface area contributed by atoms with Crippen LogP contribution in [-0.4, -0.2) is 29.7 Å². The molecule has 0 unspecified atom stereocenters. The predicted molar refractivity (Wildman–Crippen MR) is 69.1 cm³/mol. The third-order valence-corrected chi connectivity index (χ3v) is 1.98. The molecule has 0 spiro atoms. The van der Waals surface area contributed by atoms with Crippen LogP contribution in [0.3, 0.4) is 0 Å². The van der Waals surface area contributed by atoms with Gasteiger partial charge in [0, 0.05) is 0 Å². The van der Waals surface area contributed by atoms with Crippen LogP contribution in [-0.2, 0) is 9.53 Å². The van der Waals surface area contributed by atoms with Gasteiger partial charge in [-0.1, -0.05) is 5.16 Å². The molecule has 7 nitrogen and oxygen atoms in total. The molecule has 7 heteroatoms. The number of ether oxygens (including phenoxy) is 1. The van der Waals surface area contributed by atoms with Crippen molar-refractivity contribution in [2.24, 2.45) is 10.3 Å². The van der Waals surface area contributed by atoms with Crippen LogP contribution in [0.25, 0.3) is 0 Å². The topological polar surface area (TPSA) is 107 Å². The molecule has 0 radical (unpaired) electrons. The van der Waals surface area contributed by atoms with E-state index in [0.717, 1.165) is 6.21 Å². The smallest absolute Gasteiger partial charge is 0.360 e. The van der Waals surface area contributed by atoms with Crippen molar-refractivity contribution in [3.05, 3.63) is 29.8 Å². The standard InChI is InChI=1S/C12H12N4O3/c1-2-19-12(17)11(8-14-18)16-15-10-5-3-9(7-13)4-6-10/h3-6,8,15,18H,2H2,1H3. The van der Waals surface area contributed by atoms with Crippen molar-refractivity contribution < 1.29 is 14.7 Å². The summed E-state index contributed by atoms with van der Waals surface area (Å²) in [5.74, 6) is -0.707. The Kier molecular flexibility index (Phi) is 5.56. The van der Waals surface area contributed by atoms with Gasteiger partial charge in [0.15, 0.2) is 5.71 Å². The number of esters is 1. The summed E-state index contributed by atoms with van der Waals surface area (Å²) in [7, 11) is 0. The highest BCUT2D eigenvalue weighted by atomic mass is 16.5. The largest absolute Gasteiger partial charge is 0.461 e. The number of benzene rings is 1. The van der Waals surface area contributed by atoms with E-state index < -0.39 is 5.97 Å². The summed E-state index contributed by atoms with van der Waals surface area (Å²) in [4.78, 5) is 11.4. The van der Waals surface area contributed by atoms with Crippen LogP contribution in [0.5, 0.6) is 0 Å². The van der Waals surface area contributed by atoms with Gasteiger partial charge >= 0.3 is 5.97 Å². The summed E-state index contributed by atoms with van der Waals surface area (Å²) < 4.78 is 4.73. The molecule has 0 aliphatic carbocycles. The lowest BCUT2D eigenvalue weighted by Gasteiger charge is -2.03. The average molecular weight is 260 g/mol. The normalized spacial score (nSPS) is 11.1. The van der Waals surface area contributed by atoms with E-state index in [0.29, 0.717) is 11.3 Å². The first kappa shape index (κ1) is 14.2. The van der Waals surface area contributed by atoms with Gasteiger partial charge in [-0.25, -0.2) is 4.79 Å². The monoisotopic (exact) mass is 260 g/mol. The first-order valence-electron chi connectivity index (χ1n) is 5.39. The van der Waals surface area contributed by atoms with Crippen LogP contribution in [0.15, 0.2) is 34.5 Å². The van der Waals surface area contributed by atoms with Crippen LogP contribution in [0.1, 0.15) is 12.5 Å². The number of hydrogen-bond donors (Lipinski definition) is 2. The Labute approximate surface area is 109 Å². The zero-order valence-corrected chi connectivity index (χ0v) is 10.2. The quantitative estimate of drug-likeness (QED) is 0.359. The summed E-state index contributed by atoms with van der Waals surface area (Å²) in [5.41, 5.74) is 3.51. The number of hydrogen-bond acceptors (Lipinski definition) is 7. The lowest BCUT2D eigenvalue weighted by Crippen LogP contribution is -2.20. The second kappa shape index (κ2) is 7.45. The van der Waals surface area contributed by atoms with Crippen molar-refractivity contribution in [3.8, 4) is 6.07 Å². The minimum atomic E-state index is -0.707. The van der Waals surface area contributed by atoms with E-state index in [9.17, 15) is 4.79 Å². The van der Waals surface area contributed by atoms with E-state index in [-0.39, 0.29) is 12.3 Å². The number of carbonyl (C=O) groups excluding carboxylic acids is 1. The van der Waals surface area contributed by atoms with E-state index in [1.807, 2.05) is 6.07 Å². The SMILES string of the molecule is CCOC(=O)C(C=NO)=NNc1ccc(C#N)cc1. The third kappa shape index (κ3) is 4.47. The Morgan fingerprint density at radius 2 is 2.21 bits per heavy atom. The van der Waals surface area contributed by atoms with Crippen molar-refractivity contribution in [2.45, 2.75) is 6.92 Å². The molecule has 0 bridgehead atoms. The molecule has 98 valence electrons. The Morgan fingerprint density at radius 3 is 2.74 bits per heavy atom. The predicted octanol–water partition coefficient (Wildman–Crippen LogP) is 1.35. The summed E-state index contributed by atoms with van der Waals surface area (Å²) >= 11 is 0. The second-order valence-electron chi connectivity index (χ2n) is 3.26. The van der Waals surface area contributed by atoms with Crippen LogP contribution < -0.4 is 5.43 Å². The molecule has 0 atom stereocenters. The Balaban J connectivity index is 2.80. The van der Waals surface area contributed by atoms with E-state index in [2.05, 4.69) is 15.7 Å². The van der Waals surface area contributed by atoms with Gasteiger partial charge in [0.05, 0.1) is 23.9 Å². The maximum atomic E-state index is 11.4. The maximum absolute atomic E-state index is 11.4. The fourth-order valence-electron chi connectivity index (χ4n) is 1.13.